The first-order valence-electron chi connectivity index (χ1n) is 4.91. The number of pyridine rings is 1. The quantitative estimate of drug-likeness (QED) is 0.704. The summed E-state index contributed by atoms with van der Waals surface area (Å²) in [5.74, 6) is 0. The third kappa shape index (κ3) is 2.07. The molecule has 0 radical (unpaired) electrons. The molecular formula is C11H15ClN2. The summed E-state index contributed by atoms with van der Waals surface area (Å²) in [5, 5.41) is 0.778. The van der Waals surface area contributed by atoms with Gasteiger partial charge in [-0.1, -0.05) is 32.4 Å². The third-order valence-electron chi connectivity index (χ3n) is 1.93. The van der Waals surface area contributed by atoms with Crippen molar-refractivity contribution in [3.63, 3.8) is 0 Å². The minimum atomic E-state index is 0.778. The molecule has 0 saturated carbocycles. The summed E-state index contributed by atoms with van der Waals surface area (Å²) in [6, 6.07) is 3.88. The average Bonchev–Trinajstić information content (AvgIpc) is 2.67. The first-order chi connectivity index (χ1) is 6.81. The summed E-state index contributed by atoms with van der Waals surface area (Å²) in [7, 11) is 0. The molecule has 0 atom stereocenters. The van der Waals surface area contributed by atoms with Crippen molar-refractivity contribution in [3.8, 4) is 0 Å². The van der Waals surface area contributed by atoms with E-state index < -0.39 is 0 Å². The Hall–Kier alpha value is -1.02. The van der Waals surface area contributed by atoms with Gasteiger partial charge < -0.3 is 4.40 Å². The first kappa shape index (κ1) is 11.1. The Bertz CT molecular complexity index is 407. The van der Waals surface area contributed by atoms with Crippen LogP contribution in [-0.4, -0.2) is 9.38 Å². The van der Waals surface area contributed by atoms with Crippen molar-refractivity contribution in [1.29, 1.82) is 0 Å². The zero-order valence-corrected chi connectivity index (χ0v) is 9.54. The zero-order chi connectivity index (χ0) is 10.6. The normalized spacial score (nSPS) is 9.71. The summed E-state index contributed by atoms with van der Waals surface area (Å²) in [4.78, 5) is 4.06. The van der Waals surface area contributed by atoms with E-state index in [4.69, 9.17) is 11.6 Å². The molecule has 0 aromatic carbocycles. The van der Waals surface area contributed by atoms with Gasteiger partial charge >= 0.3 is 0 Å². The van der Waals surface area contributed by atoms with Crippen LogP contribution in [0.5, 0.6) is 0 Å². The number of rotatable bonds is 1. The monoisotopic (exact) mass is 210 g/mol. The predicted molar refractivity (Wildman–Crippen MR) is 60.9 cm³/mol. The molecule has 0 aliphatic heterocycles. The molecule has 0 spiro atoms. The van der Waals surface area contributed by atoms with Crippen LogP contribution in [0.3, 0.4) is 0 Å². The highest BCUT2D eigenvalue weighted by molar-refractivity contribution is 6.30. The van der Waals surface area contributed by atoms with Gasteiger partial charge in [-0.05, 0) is 18.6 Å². The molecule has 0 saturated heterocycles. The fourth-order valence-corrected chi connectivity index (χ4v) is 1.57. The predicted octanol–water partition coefficient (Wildman–Crippen LogP) is 3.58. The fourth-order valence-electron chi connectivity index (χ4n) is 1.34. The van der Waals surface area contributed by atoms with Crippen LogP contribution in [0.1, 0.15) is 26.5 Å². The summed E-state index contributed by atoms with van der Waals surface area (Å²) < 4.78 is 2.05. The number of aryl methyl sites for hydroxylation is 1. The van der Waals surface area contributed by atoms with Crippen LogP contribution in [0.15, 0.2) is 24.7 Å². The lowest BCUT2D eigenvalue weighted by Crippen LogP contribution is -1.92. The van der Waals surface area contributed by atoms with E-state index in [0.717, 1.165) is 17.0 Å². The van der Waals surface area contributed by atoms with Gasteiger partial charge in [-0.25, -0.2) is 4.98 Å². The maximum absolute atomic E-state index is 5.92. The van der Waals surface area contributed by atoms with Crippen molar-refractivity contribution in [3.05, 3.63) is 35.4 Å². The SMILES string of the molecule is CC.CCc1cc(Cl)cc2cncn12. The molecule has 0 aliphatic rings. The first-order valence-corrected chi connectivity index (χ1v) is 5.29. The lowest BCUT2D eigenvalue weighted by Gasteiger charge is -2.02. The molecule has 2 heterocycles. The van der Waals surface area contributed by atoms with Crippen molar-refractivity contribution >= 4 is 17.1 Å². The molecule has 2 nitrogen and oxygen atoms in total. The molecule has 76 valence electrons. The second kappa shape index (κ2) is 5.01. The molecule has 0 unspecified atom stereocenters. The van der Waals surface area contributed by atoms with E-state index in [9.17, 15) is 0 Å². The van der Waals surface area contributed by atoms with Crippen LogP contribution >= 0.6 is 11.6 Å². The molecule has 0 aliphatic carbocycles. The number of hydrogen-bond acceptors (Lipinski definition) is 1. The van der Waals surface area contributed by atoms with Gasteiger partial charge in [-0.15, -0.1) is 0 Å². The van der Waals surface area contributed by atoms with E-state index in [-0.39, 0.29) is 0 Å². The molecule has 0 N–H and O–H groups in total. The Labute approximate surface area is 89.5 Å². The average molecular weight is 211 g/mol. The third-order valence-corrected chi connectivity index (χ3v) is 2.15. The topological polar surface area (TPSA) is 17.3 Å². The van der Waals surface area contributed by atoms with Crippen LogP contribution in [0.25, 0.3) is 5.52 Å². The number of hydrogen-bond donors (Lipinski definition) is 0. The number of aromatic nitrogens is 2. The van der Waals surface area contributed by atoms with Crippen molar-refractivity contribution in [2.45, 2.75) is 27.2 Å². The minimum absolute atomic E-state index is 0.778. The molecule has 0 bridgehead atoms. The van der Waals surface area contributed by atoms with E-state index in [1.165, 1.54) is 5.69 Å². The van der Waals surface area contributed by atoms with Crippen molar-refractivity contribution < 1.29 is 0 Å². The number of imidazole rings is 1. The Morgan fingerprint density at radius 1 is 1.36 bits per heavy atom. The van der Waals surface area contributed by atoms with Gasteiger partial charge in [0.2, 0.25) is 0 Å². The van der Waals surface area contributed by atoms with Gasteiger partial charge in [0.1, 0.15) is 0 Å². The molecule has 0 fully saturated rings. The van der Waals surface area contributed by atoms with Crippen LogP contribution < -0.4 is 0 Å². The lowest BCUT2D eigenvalue weighted by atomic mass is 10.3. The molecule has 14 heavy (non-hydrogen) atoms. The van der Waals surface area contributed by atoms with Gasteiger partial charge in [0, 0.05) is 10.7 Å². The Balaban J connectivity index is 0.000000461. The van der Waals surface area contributed by atoms with Gasteiger partial charge in [0.05, 0.1) is 18.0 Å². The summed E-state index contributed by atoms with van der Waals surface area (Å²) in [6.07, 6.45) is 4.59. The van der Waals surface area contributed by atoms with E-state index in [1.807, 2.05) is 42.9 Å². The maximum Gasteiger partial charge on any atom is 0.0994 e. The molecule has 0 amide bonds. The van der Waals surface area contributed by atoms with Crippen LogP contribution in [-0.2, 0) is 6.42 Å². The van der Waals surface area contributed by atoms with Gasteiger partial charge in [-0.2, -0.15) is 0 Å². The highest BCUT2D eigenvalue weighted by Gasteiger charge is 2.00. The van der Waals surface area contributed by atoms with Crippen LogP contribution in [0.2, 0.25) is 5.02 Å². The number of fused-ring (bicyclic) bond motifs is 1. The minimum Gasteiger partial charge on any atom is -0.303 e. The largest absolute Gasteiger partial charge is 0.303 e. The van der Waals surface area contributed by atoms with Gasteiger partial charge in [-0.3, -0.25) is 0 Å². The highest BCUT2D eigenvalue weighted by atomic mass is 35.5. The van der Waals surface area contributed by atoms with E-state index >= 15 is 0 Å². The van der Waals surface area contributed by atoms with Gasteiger partial charge in [0.15, 0.2) is 0 Å². The van der Waals surface area contributed by atoms with Crippen LogP contribution in [0.4, 0.5) is 0 Å². The Morgan fingerprint density at radius 3 is 2.71 bits per heavy atom. The molecule has 2 aromatic rings. The highest BCUT2D eigenvalue weighted by Crippen LogP contribution is 2.15. The molecule has 2 aromatic heterocycles. The second-order valence-corrected chi connectivity index (χ2v) is 3.14. The van der Waals surface area contributed by atoms with Crippen LogP contribution in [0, 0.1) is 0 Å². The smallest absolute Gasteiger partial charge is 0.0994 e. The molecule has 3 heteroatoms. The summed E-state index contributed by atoms with van der Waals surface area (Å²) in [5.41, 5.74) is 2.24. The molecule has 2 rings (SSSR count). The Kier molecular flexibility index (Phi) is 3.96. The van der Waals surface area contributed by atoms with E-state index in [2.05, 4.69) is 11.9 Å². The van der Waals surface area contributed by atoms with Crippen molar-refractivity contribution in [2.75, 3.05) is 0 Å². The number of nitrogens with zero attached hydrogens (tertiary/aromatic N) is 2. The van der Waals surface area contributed by atoms with Crippen molar-refractivity contribution in [2.24, 2.45) is 0 Å². The lowest BCUT2D eigenvalue weighted by molar-refractivity contribution is 0.972. The standard InChI is InChI=1S/C9H9ClN2.C2H6/c1-2-8-3-7(10)4-9-5-11-6-12(8)9;1-2/h3-6H,2H2,1H3;1-2H3. The van der Waals surface area contributed by atoms with Crippen molar-refractivity contribution in [1.82, 2.24) is 9.38 Å². The van der Waals surface area contributed by atoms with E-state index in [1.54, 1.807) is 0 Å². The molecular weight excluding hydrogens is 196 g/mol. The fraction of sp³-hybridized carbons (Fsp3) is 0.364. The summed E-state index contributed by atoms with van der Waals surface area (Å²) in [6.45, 7) is 6.10. The van der Waals surface area contributed by atoms with E-state index in [0.29, 0.717) is 0 Å². The Morgan fingerprint density at radius 2 is 2.07 bits per heavy atom. The maximum atomic E-state index is 5.92. The van der Waals surface area contributed by atoms with Gasteiger partial charge in [0.25, 0.3) is 0 Å². The zero-order valence-electron chi connectivity index (χ0n) is 8.79. The second-order valence-electron chi connectivity index (χ2n) is 2.71. The number of halogens is 1. The summed E-state index contributed by atoms with van der Waals surface area (Å²) >= 11 is 5.92.